The average molecular weight is 251 g/mol. The molecule has 1 aliphatic rings. The van der Waals surface area contributed by atoms with Crippen LogP contribution < -0.4 is 10.6 Å². The van der Waals surface area contributed by atoms with E-state index in [0.29, 0.717) is 16.6 Å². The number of nitrogens with two attached hydrogens (primary N) is 1. The molecule has 0 amide bonds. The van der Waals surface area contributed by atoms with Gasteiger partial charge in [-0.3, -0.25) is 4.98 Å². The maximum absolute atomic E-state index is 9.12. The molecular formula is C12H17N3OS. The summed E-state index contributed by atoms with van der Waals surface area (Å²) in [5.41, 5.74) is 7.39. The predicted molar refractivity (Wildman–Crippen MR) is 72.1 cm³/mol. The number of hydrogen-bond donors (Lipinski definition) is 2. The number of thiocarbonyl (C=S) groups is 1. The summed E-state index contributed by atoms with van der Waals surface area (Å²) >= 11 is 5.01. The summed E-state index contributed by atoms with van der Waals surface area (Å²) in [5, 5.41) is 9.12. The Morgan fingerprint density at radius 2 is 2.24 bits per heavy atom. The van der Waals surface area contributed by atoms with Crippen molar-refractivity contribution in [2.45, 2.75) is 12.8 Å². The predicted octanol–water partition coefficient (Wildman–Crippen LogP) is 0.924. The molecule has 0 radical (unpaired) electrons. The first-order valence-corrected chi connectivity index (χ1v) is 6.24. The van der Waals surface area contributed by atoms with Crippen LogP contribution in [0.25, 0.3) is 0 Å². The number of anilines is 1. The number of hydrogen-bond acceptors (Lipinski definition) is 4. The highest BCUT2D eigenvalue weighted by Gasteiger charge is 2.21. The third-order valence-corrected chi connectivity index (χ3v) is 3.43. The van der Waals surface area contributed by atoms with Gasteiger partial charge in [0.05, 0.1) is 5.69 Å². The van der Waals surface area contributed by atoms with Gasteiger partial charge in [-0.1, -0.05) is 12.2 Å². The molecule has 17 heavy (non-hydrogen) atoms. The highest BCUT2D eigenvalue weighted by molar-refractivity contribution is 7.80. The van der Waals surface area contributed by atoms with Gasteiger partial charge in [-0.25, -0.2) is 0 Å². The van der Waals surface area contributed by atoms with E-state index < -0.39 is 0 Å². The molecule has 0 atom stereocenters. The molecule has 0 aliphatic carbocycles. The maximum Gasteiger partial charge on any atom is 0.124 e. The van der Waals surface area contributed by atoms with Crippen molar-refractivity contribution in [1.29, 1.82) is 0 Å². The zero-order valence-corrected chi connectivity index (χ0v) is 10.5. The summed E-state index contributed by atoms with van der Waals surface area (Å²) in [4.78, 5) is 6.82. The van der Waals surface area contributed by atoms with E-state index in [0.717, 1.165) is 31.6 Å². The molecule has 5 heteroatoms. The zero-order valence-electron chi connectivity index (χ0n) is 9.67. The molecule has 1 aromatic heterocycles. The van der Waals surface area contributed by atoms with Gasteiger partial charge in [-0.15, -0.1) is 0 Å². The van der Waals surface area contributed by atoms with E-state index in [-0.39, 0.29) is 6.61 Å². The lowest BCUT2D eigenvalue weighted by Gasteiger charge is -2.33. The normalized spacial score (nSPS) is 17.1. The summed E-state index contributed by atoms with van der Waals surface area (Å²) in [5.74, 6) is 0.427. The van der Waals surface area contributed by atoms with E-state index in [1.165, 1.54) is 0 Å². The largest absolute Gasteiger partial charge is 0.396 e. The fourth-order valence-corrected chi connectivity index (χ4v) is 2.36. The standard InChI is InChI=1S/C12H17N3OS/c13-12(17)11-10(2-1-5-14-11)15-6-3-9(8-16)4-7-15/h1-2,5,9,16H,3-4,6-8H2,(H2,13,17). The van der Waals surface area contributed by atoms with Gasteiger partial charge in [-0.05, 0) is 30.9 Å². The molecule has 2 heterocycles. The highest BCUT2D eigenvalue weighted by Crippen LogP contribution is 2.24. The first kappa shape index (κ1) is 12.3. The second-order valence-corrected chi connectivity index (χ2v) is 4.79. The van der Waals surface area contributed by atoms with Crippen LogP contribution in [0.2, 0.25) is 0 Å². The van der Waals surface area contributed by atoms with Crippen LogP contribution in [0.5, 0.6) is 0 Å². The van der Waals surface area contributed by atoms with Crippen molar-refractivity contribution in [3.8, 4) is 0 Å². The smallest absolute Gasteiger partial charge is 0.124 e. The third kappa shape index (κ3) is 2.73. The van der Waals surface area contributed by atoms with Crippen molar-refractivity contribution in [1.82, 2.24) is 4.98 Å². The zero-order chi connectivity index (χ0) is 12.3. The molecule has 0 spiro atoms. The minimum absolute atomic E-state index is 0.281. The second-order valence-electron chi connectivity index (χ2n) is 4.35. The molecule has 2 rings (SSSR count). The van der Waals surface area contributed by atoms with Gasteiger partial charge >= 0.3 is 0 Å². The first-order chi connectivity index (χ1) is 8.22. The second kappa shape index (κ2) is 5.42. The number of nitrogens with zero attached hydrogens (tertiary/aromatic N) is 2. The van der Waals surface area contributed by atoms with E-state index in [1.54, 1.807) is 6.20 Å². The summed E-state index contributed by atoms with van der Waals surface area (Å²) in [6.07, 6.45) is 3.71. The van der Waals surface area contributed by atoms with Crippen molar-refractivity contribution in [2.24, 2.45) is 11.7 Å². The fraction of sp³-hybridized carbons (Fsp3) is 0.500. The fourth-order valence-electron chi connectivity index (χ4n) is 2.20. The minimum atomic E-state index is 0.281. The Bertz CT molecular complexity index is 402. The topological polar surface area (TPSA) is 62.4 Å². The van der Waals surface area contributed by atoms with Gasteiger partial charge in [0.15, 0.2) is 0 Å². The SMILES string of the molecule is NC(=S)c1ncccc1N1CCC(CO)CC1. The molecule has 1 saturated heterocycles. The van der Waals surface area contributed by atoms with Crippen LogP contribution in [-0.2, 0) is 0 Å². The van der Waals surface area contributed by atoms with Crippen molar-refractivity contribution in [2.75, 3.05) is 24.6 Å². The summed E-state index contributed by atoms with van der Waals surface area (Å²) in [6.45, 7) is 2.13. The Morgan fingerprint density at radius 1 is 1.53 bits per heavy atom. The van der Waals surface area contributed by atoms with E-state index in [1.807, 2.05) is 12.1 Å². The Kier molecular flexibility index (Phi) is 3.91. The van der Waals surface area contributed by atoms with Crippen molar-refractivity contribution < 1.29 is 5.11 Å². The number of aromatic nitrogens is 1. The highest BCUT2D eigenvalue weighted by atomic mass is 32.1. The van der Waals surface area contributed by atoms with Crippen LogP contribution in [0.4, 0.5) is 5.69 Å². The van der Waals surface area contributed by atoms with E-state index in [4.69, 9.17) is 23.1 Å². The molecule has 92 valence electrons. The molecule has 4 nitrogen and oxygen atoms in total. The van der Waals surface area contributed by atoms with Crippen molar-refractivity contribution >= 4 is 22.9 Å². The van der Waals surface area contributed by atoms with E-state index >= 15 is 0 Å². The van der Waals surface area contributed by atoms with Crippen LogP contribution in [-0.4, -0.2) is 34.8 Å². The van der Waals surface area contributed by atoms with Crippen molar-refractivity contribution in [3.05, 3.63) is 24.0 Å². The van der Waals surface area contributed by atoms with Crippen LogP contribution >= 0.6 is 12.2 Å². The average Bonchev–Trinajstić information content (AvgIpc) is 2.39. The van der Waals surface area contributed by atoms with Gasteiger partial charge < -0.3 is 15.7 Å². The van der Waals surface area contributed by atoms with Gasteiger partial charge in [0, 0.05) is 25.9 Å². The summed E-state index contributed by atoms with van der Waals surface area (Å²) in [7, 11) is 0. The summed E-state index contributed by atoms with van der Waals surface area (Å²) in [6, 6.07) is 3.90. The molecule has 0 unspecified atom stereocenters. The van der Waals surface area contributed by atoms with Gasteiger partial charge in [0.1, 0.15) is 10.7 Å². The number of rotatable bonds is 3. The molecule has 1 aromatic rings. The lowest BCUT2D eigenvalue weighted by Crippen LogP contribution is -2.36. The molecule has 1 fully saturated rings. The van der Waals surface area contributed by atoms with Gasteiger partial charge in [0.25, 0.3) is 0 Å². The lowest BCUT2D eigenvalue weighted by molar-refractivity contribution is 0.203. The van der Waals surface area contributed by atoms with Crippen LogP contribution in [0.15, 0.2) is 18.3 Å². The summed E-state index contributed by atoms with van der Waals surface area (Å²) < 4.78 is 0. The van der Waals surface area contributed by atoms with Gasteiger partial charge in [-0.2, -0.15) is 0 Å². The molecular weight excluding hydrogens is 234 g/mol. The van der Waals surface area contributed by atoms with Crippen LogP contribution in [0.3, 0.4) is 0 Å². The van der Waals surface area contributed by atoms with Crippen LogP contribution in [0, 0.1) is 5.92 Å². The Morgan fingerprint density at radius 3 is 2.82 bits per heavy atom. The molecule has 3 N–H and O–H groups in total. The molecule has 0 bridgehead atoms. The monoisotopic (exact) mass is 251 g/mol. The maximum atomic E-state index is 9.12. The number of pyridine rings is 1. The quantitative estimate of drug-likeness (QED) is 0.782. The third-order valence-electron chi connectivity index (χ3n) is 3.23. The van der Waals surface area contributed by atoms with E-state index in [2.05, 4.69) is 9.88 Å². The molecule has 0 saturated carbocycles. The Labute approximate surface area is 106 Å². The minimum Gasteiger partial charge on any atom is -0.396 e. The van der Waals surface area contributed by atoms with Gasteiger partial charge in [0.2, 0.25) is 0 Å². The van der Waals surface area contributed by atoms with Crippen molar-refractivity contribution in [3.63, 3.8) is 0 Å². The Hall–Kier alpha value is -1.20. The molecule has 1 aliphatic heterocycles. The van der Waals surface area contributed by atoms with Crippen LogP contribution in [0.1, 0.15) is 18.5 Å². The van der Waals surface area contributed by atoms with E-state index in [9.17, 15) is 0 Å². The first-order valence-electron chi connectivity index (χ1n) is 5.83. The number of aliphatic hydroxyl groups excluding tert-OH is 1. The lowest BCUT2D eigenvalue weighted by atomic mass is 9.97. The number of aliphatic hydroxyl groups is 1. The number of piperidine rings is 1. The Balaban J connectivity index is 2.15. The molecule has 0 aromatic carbocycles.